The maximum absolute atomic E-state index is 6.10. The van der Waals surface area contributed by atoms with Crippen molar-refractivity contribution in [2.24, 2.45) is 5.73 Å². The summed E-state index contributed by atoms with van der Waals surface area (Å²) in [7, 11) is 0. The fourth-order valence-corrected chi connectivity index (χ4v) is 3.09. The summed E-state index contributed by atoms with van der Waals surface area (Å²) in [5.41, 5.74) is 5.93. The minimum absolute atomic E-state index is 0.00145. The highest BCUT2D eigenvalue weighted by Crippen LogP contribution is 2.29. The van der Waals surface area contributed by atoms with Crippen molar-refractivity contribution in [3.63, 3.8) is 0 Å². The third kappa shape index (κ3) is 2.98. The molecule has 2 unspecified atom stereocenters. The smallest absolute Gasteiger partial charge is 0.233 e. The van der Waals surface area contributed by atoms with Crippen molar-refractivity contribution in [2.75, 3.05) is 13.2 Å². The first-order valence-corrected chi connectivity index (χ1v) is 7.63. The summed E-state index contributed by atoms with van der Waals surface area (Å²) in [6.45, 7) is 1.08. The van der Waals surface area contributed by atoms with E-state index in [2.05, 4.69) is 10.1 Å². The molecule has 1 fully saturated rings. The number of nitrogens with two attached hydrogens (primary N) is 1. The number of benzene rings is 1. The molecule has 0 spiro atoms. The highest BCUT2D eigenvalue weighted by molar-refractivity contribution is 7.98. The lowest BCUT2D eigenvalue weighted by Gasteiger charge is -2.06. The summed E-state index contributed by atoms with van der Waals surface area (Å²) >= 11 is 7.68. The van der Waals surface area contributed by atoms with Crippen LogP contribution < -0.4 is 5.73 Å². The fourth-order valence-electron chi connectivity index (χ4n) is 2.01. The van der Waals surface area contributed by atoms with Gasteiger partial charge in [0.15, 0.2) is 5.82 Å². The van der Waals surface area contributed by atoms with Gasteiger partial charge >= 0.3 is 0 Å². The molecule has 0 saturated carbocycles. The number of rotatable bonds is 4. The van der Waals surface area contributed by atoms with Gasteiger partial charge < -0.3 is 15.0 Å². The Morgan fingerprint density at radius 1 is 1.35 bits per heavy atom. The van der Waals surface area contributed by atoms with Gasteiger partial charge in [-0.1, -0.05) is 28.9 Å². The van der Waals surface area contributed by atoms with Gasteiger partial charge in [0.25, 0.3) is 0 Å². The van der Waals surface area contributed by atoms with Gasteiger partial charge in [0.05, 0.1) is 29.9 Å². The summed E-state index contributed by atoms with van der Waals surface area (Å²) in [6.07, 6.45) is 0. The molecule has 1 saturated heterocycles. The largest absolute Gasteiger partial charge is 0.379 e. The van der Waals surface area contributed by atoms with Crippen LogP contribution in [0.4, 0.5) is 0 Å². The number of ether oxygens (including phenoxy) is 1. The maximum Gasteiger partial charge on any atom is 0.233 e. The Morgan fingerprint density at radius 2 is 2.20 bits per heavy atom. The van der Waals surface area contributed by atoms with Crippen LogP contribution in [0.1, 0.15) is 17.6 Å². The topological polar surface area (TPSA) is 74.2 Å². The van der Waals surface area contributed by atoms with E-state index in [4.69, 9.17) is 26.6 Å². The summed E-state index contributed by atoms with van der Waals surface area (Å²) in [6, 6.07) is 7.61. The first kappa shape index (κ1) is 13.9. The van der Waals surface area contributed by atoms with Gasteiger partial charge in [-0.2, -0.15) is 4.98 Å². The van der Waals surface area contributed by atoms with Crippen LogP contribution in [0.25, 0.3) is 0 Å². The fraction of sp³-hybridized carbons (Fsp3) is 0.385. The zero-order valence-electron chi connectivity index (χ0n) is 10.7. The molecule has 106 valence electrons. The Bertz CT molecular complexity index is 593. The number of thioether (sulfide) groups is 1. The van der Waals surface area contributed by atoms with Gasteiger partial charge in [-0.25, -0.2) is 0 Å². The molecule has 2 N–H and O–H groups in total. The van der Waals surface area contributed by atoms with Crippen molar-refractivity contribution in [1.82, 2.24) is 10.1 Å². The van der Waals surface area contributed by atoms with Crippen molar-refractivity contribution in [3.8, 4) is 0 Å². The zero-order valence-corrected chi connectivity index (χ0v) is 12.2. The quantitative estimate of drug-likeness (QED) is 0.874. The second-order valence-corrected chi connectivity index (χ2v) is 6.00. The Labute approximate surface area is 125 Å². The Morgan fingerprint density at radius 3 is 2.95 bits per heavy atom. The van der Waals surface area contributed by atoms with E-state index in [1.54, 1.807) is 11.8 Å². The van der Waals surface area contributed by atoms with Gasteiger partial charge in [0.2, 0.25) is 5.89 Å². The van der Waals surface area contributed by atoms with E-state index in [0.717, 1.165) is 9.92 Å². The number of halogens is 1. The van der Waals surface area contributed by atoms with Crippen LogP contribution in [0.15, 0.2) is 33.7 Å². The zero-order chi connectivity index (χ0) is 13.9. The maximum atomic E-state index is 6.10. The van der Waals surface area contributed by atoms with Crippen LogP contribution in [0.2, 0.25) is 5.02 Å². The summed E-state index contributed by atoms with van der Waals surface area (Å²) in [5.74, 6) is 1.81. The molecular weight excluding hydrogens is 298 g/mol. The molecule has 2 atom stereocenters. The molecule has 20 heavy (non-hydrogen) atoms. The van der Waals surface area contributed by atoms with Crippen LogP contribution in [0, 0.1) is 0 Å². The number of nitrogens with zero attached hydrogens (tertiary/aromatic N) is 2. The van der Waals surface area contributed by atoms with Crippen LogP contribution >= 0.6 is 23.4 Å². The van der Waals surface area contributed by atoms with E-state index in [-0.39, 0.29) is 12.0 Å². The third-order valence-electron chi connectivity index (χ3n) is 3.12. The molecule has 1 aliphatic rings. The second-order valence-electron chi connectivity index (χ2n) is 4.58. The summed E-state index contributed by atoms with van der Waals surface area (Å²) < 4.78 is 10.6. The SMILES string of the molecule is NC1COCC1c1nc(CSc2ccccc2Cl)no1. The van der Waals surface area contributed by atoms with Crippen molar-refractivity contribution in [1.29, 1.82) is 0 Å². The highest BCUT2D eigenvalue weighted by Gasteiger charge is 2.31. The lowest BCUT2D eigenvalue weighted by molar-refractivity contribution is 0.187. The summed E-state index contributed by atoms with van der Waals surface area (Å²) in [4.78, 5) is 5.39. The van der Waals surface area contributed by atoms with E-state index < -0.39 is 0 Å². The molecule has 1 aromatic heterocycles. The second kappa shape index (κ2) is 6.13. The lowest BCUT2D eigenvalue weighted by Crippen LogP contribution is -2.27. The molecule has 2 aromatic rings. The lowest BCUT2D eigenvalue weighted by atomic mass is 10.1. The predicted molar refractivity (Wildman–Crippen MR) is 76.8 cm³/mol. The van der Waals surface area contributed by atoms with Gasteiger partial charge in [-0.3, -0.25) is 0 Å². The molecular formula is C13H14ClN3O2S. The minimum Gasteiger partial charge on any atom is -0.379 e. The first-order chi connectivity index (χ1) is 9.74. The average Bonchev–Trinajstić information content (AvgIpc) is 3.06. The molecule has 1 aliphatic heterocycles. The average molecular weight is 312 g/mol. The molecule has 7 heteroatoms. The van der Waals surface area contributed by atoms with E-state index in [9.17, 15) is 0 Å². The van der Waals surface area contributed by atoms with Crippen molar-refractivity contribution in [2.45, 2.75) is 22.6 Å². The van der Waals surface area contributed by atoms with Gasteiger partial charge in [-0.15, -0.1) is 11.8 Å². The van der Waals surface area contributed by atoms with Crippen LogP contribution in [-0.2, 0) is 10.5 Å². The van der Waals surface area contributed by atoms with Crippen molar-refractivity contribution in [3.05, 3.63) is 41.0 Å². The molecule has 0 bridgehead atoms. The molecule has 5 nitrogen and oxygen atoms in total. The monoisotopic (exact) mass is 311 g/mol. The van der Waals surface area contributed by atoms with E-state index in [1.807, 2.05) is 24.3 Å². The first-order valence-electron chi connectivity index (χ1n) is 6.27. The van der Waals surface area contributed by atoms with Gasteiger partial charge in [0, 0.05) is 10.9 Å². The standard InChI is InChI=1S/C13H14ClN3O2S/c14-9-3-1-2-4-11(9)20-7-12-16-13(19-17-12)8-5-18-6-10(8)15/h1-4,8,10H,5-7,15H2. The minimum atomic E-state index is -0.0699. The van der Waals surface area contributed by atoms with Crippen LogP contribution in [0.5, 0.6) is 0 Å². The molecule has 0 aliphatic carbocycles. The van der Waals surface area contributed by atoms with E-state index >= 15 is 0 Å². The Kier molecular flexibility index (Phi) is 4.26. The molecule has 0 amide bonds. The van der Waals surface area contributed by atoms with Crippen molar-refractivity contribution >= 4 is 23.4 Å². The molecule has 0 radical (unpaired) electrons. The number of hydrogen-bond acceptors (Lipinski definition) is 6. The Balaban J connectivity index is 1.64. The Hall–Kier alpha value is -1.08. The van der Waals surface area contributed by atoms with Gasteiger partial charge in [0.1, 0.15) is 0 Å². The van der Waals surface area contributed by atoms with Crippen molar-refractivity contribution < 1.29 is 9.26 Å². The third-order valence-corrected chi connectivity index (χ3v) is 4.63. The van der Waals surface area contributed by atoms with Crippen LogP contribution in [-0.4, -0.2) is 29.4 Å². The normalized spacial score (nSPS) is 22.3. The number of hydrogen-bond donors (Lipinski definition) is 1. The summed E-state index contributed by atoms with van der Waals surface area (Å²) in [5, 5.41) is 4.71. The molecule has 2 heterocycles. The van der Waals surface area contributed by atoms with E-state index in [1.165, 1.54) is 0 Å². The van der Waals surface area contributed by atoms with E-state index in [0.29, 0.717) is 30.7 Å². The molecule has 3 rings (SSSR count). The predicted octanol–water partition coefficient (Wildman–Crippen LogP) is 2.46. The molecule has 1 aromatic carbocycles. The van der Waals surface area contributed by atoms with Crippen LogP contribution in [0.3, 0.4) is 0 Å². The number of aromatic nitrogens is 2. The highest BCUT2D eigenvalue weighted by atomic mass is 35.5. The van der Waals surface area contributed by atoms with Gasteiger partial charge in [-0.05, 0) is 12.1 Å².